The summed E-state index contributed by atoms with van der Waals surface area (Å²) < 4.78 is 6.92. The highest BCUT2D eigenvalue weighted by atomic mass is 16.5. The Hall–Kier alpha value is -2.10. The molecule has 18 heavy (non-hydrogen) atoms. The van der Waals surface area contributed by atoms with Crippen LogP contribution >= 0.6 is 0 Å². The van der Waals surface area contributed by atoms with Crippen LogP contribution in [0.2, 0.25) is 0 Å². The number of ketones is 1. The fourth-order valence-electron chi connectivity index (χ4n) is 1.99. The maximum absolute atomic E-state index is 11.4. The molecule has 0 aliphatic heterocycles. The molecule has 1 aromatic heterocycles. The first-order valence-electron chi connectivity index (χ1n) is 5.77. The first kappa shape index (κ1) is 12.4. The standard InChI is InChI=1S/C14H16N2O2/c1-10(17)13-9-12(15-16(13)2)8-11-6-4-5-7-14(11)18-3/h4-7,9H,8H2,1-3H3. The molecule has 0 N–H and O–H groups in total. The molecule has 0 atom stereocenters. The summed E-state index contributed by atoms with van der Waals surface area (Å²) in [4.78, 5) is 11.4. The molecule has 0 fully saturated rings. The number of hydrogen-bond donors (Lipinski definition) is 0. The summed E-state index contributed by atoms with van der Waals surface area (Å²) in [6, 6.07) is 9.65. The van der Waals surface area contributed by atoms with E-state index in [2.05, 4.69) is 5.10 Å². The van der Waals surface area contributed by atoms with Crippen molar-refractivity contribution in [1.29, 1.82) is 0 Å². The van der Waals surface area contributed by atoms with E-state index in [0.29, 0.717) is 12.1 Å². The lowest BCUT2D eigenvalue weighted by molar-refractivity contribution is 0.100. The molecule has 94 valence electrons. The molecule has 0 amide bonds. The van der Waals surface area contributed by atoms with Crippen LogP contribution in [0.15, 0.2) is 30.3 Å². The Bertz CT molecular complexity index is 573. The number of carbonyl (C=O) groups excluding carboxylic acids is 1. The normalized spacial score (nSPS) is 10.4. The number of nitrogens with zero attached hydrogens (tertiary/aromatic N) is 2. The summed E-state index contributed by atoms with van der Waals surface area (Å²) >= 11 is 0. The van der Waals surface area contributed by atoms with Crippen molar-refractivity contribution >= 4 is 5.78 Å². The van der Waals surface area contributed by atoms with Gasteiger partial charge in [-0.1, -0.05) is 18.2 Å². The SMILES string of the molecule is COc1ccccc1Cc1cc(C(C)=O)n(C)n1. The van der Waals surface area contributed by atoms with Gasteiger partial charge in [0.05, 0.1) is 12.8 Å². The Balaban J connectivity index is 2.29. The number of ether oxygens (including phenoxy) is 1. The highest BCUT2D eigenvalue weighted by molar-refractivity contribution is 5.92. The quantitative estimate of drug-likeness (QED) is 0.775. The van der Waals surface area contributed by atoms with Crippen molar-refractivity contribution in [2.75, 3.05) is 7.11 Å². The number of rotatable bonds is 4. The van der Waals surface area contributed by atoms with Gasteiger partial charge in [0.1, 0.15) is 11.4 Å². The third kappa shape index (κ3) is 2.42. The third-order valence-corrected chi connectivity index (χ3v) is 2.86. The lowest BCUT2D eigenvalue weighted by atomic mass is 10.1. The zero-order chi connectivity index (χ0) is 13.1. The number of Topliss-reactive ketones (excluding diaryl/α,β-unsaturated/α-hetero) is 1. The summed E-state index contributed by atoms with van der Waals surface area (Å²) in [5.74, 6) is 0.865. The van der Waals surface area contributed by atoms with E-state index in [1.165, 1.54) is 0 Å². The first-order chi connectivity index (χ1) is 8.61. The molecular formula is C14H16N2O2. The Labute approximate surface area is 106 Å². The van der Waals surface area contributed by atoms with Crippen LogP contribution in [0.3, 0.4) is 0 Å². The van der Waals surface area contributed by atoms with E-state index in [1.807, 2.05) is 30.3 Å². The Morgan fingerprint density at radius 1 is 1.39 bits per heavy atom. The van der Waals surface area contributed by atoms with Crippen LogP contribution in [-0.2, 0) is 13.5 Å². The van der Waals surface area contributed by atoms with E-state index in [9.17, 15) is 4.79 Å². The second-order valence-electron chi connectivity index (χ2n) is 4.19. The summed E-state index contributed by atoms with van der Waals surface area (Å²) in [7, 11) is 3.43. The predicted molar refractivity (Wildman–Crippen MR) is 69.0 cm³/mol. The van der Waals surface area contributed by atoms with Crippen LogP contribution < -0.4 is 4.74 Å². The topological polar surface area (TPSA) is 44.1 Å². The number of benzene rings is 1. The molecule has 0 spiro atoms. The van der Waals surface area contributed by atoms with Gasteiger partial charge in [0.15, 0.2) is 5.78 Å². The maximum Gasteiger partial charge on any atom is 0.177 e. The van der Waals surface area contributed by atoms with Gasteiger partial charge in [-0.2, -0.15) is 5.10 Å². The molecule has 2 aromatic rings. The van der Waals surface area contributed by atoms with Crippen LogP contribution in [0.5, 0.6) is 5.75 Å². The number of para-hydroxylation sites is 1. The molecule has 0 unspecified atom stereocenters. The molecule has 0 saturated carbocycles. The van der Waals surface area contributed by atoms with Gasteiger partial charge in [-0.15, -0.1) is 0 Å². The van der Waals surface area contributed by atoms with Gasteiger partial charge < -0.3 is 4.74 Å². The van der Waals surface area contributed by atoms with Gasteiger partial charge in [-0.3, -0.25) is 9.48 Å². The molecule has 1 heterocycles. The minimum absolute atomic E-state index is 0.0243. The lowest BCUT2D eigenvalue weighted by Crippen LogP contribution is -2.02. The maximum atomic E-state index is 11.4. The van der Waals surface area contributed by atoms with Crippen molar-refractivity contribution < 1.29 is 9.53 Å². The number of hydrogen-bond acceptors (Lipinski definition) is 3. The average molecular weight is 244 g/mol. The van der Waals surface area contributed by atoms with Crippen molar-refractivity contribution in [3.8, 4) is 5.75 Å². The molecule has 0 radical (unpaired) electrons. The van der Waals surface area contributed by atoms with E-state index in [0.717, 1.165) is 17.0 Å². The van der Waals surface area contributed by atoms with Crippen LogP contribution in [0.4, 0.5) is 0 Å². The minimum atomic E-state index is 0.0243. The second-order valence-corrected chi connectivity index (χ2v) is 4.19. The molecular weight excluding hydrogens is 228 g/mol. The fraction of sp³-hybridized carbons (Fsp3) is 0.286. The number of aromatic nitrogens is 2. The average Bonchev–Trinajstić information content (AvgIpc) is 2.71. The molecule has 0 aliphatic carbocycles. The summed E-state index contributed by atoms with van der Waals surface area (Å²) in [5, 5.41) is 4.34. The summed E-state index contributed by atoms with van der Waals surface area (Å²) in [6.07, 6.45) is 0.658. The number of carbonyl (C=O) groups is 1. The van der Waals surface area contributed by atoms with Crippen molar-refractivity contribution in [2.24, 2.45) is 7.05 Å². The Morgan fingerprint density at radius 2 is 2.11 bits per heavy atom. The second kappa shape index (κ2) is 5.04. The molecule has 1 aromatic carbocycles. The number of aryl methyl sites for hydroxylation is 1. The van der Waals surface area contributed by atoms with Crippen LogP contribution in [-0.4, -0.2) is 22.7 Å². The van der Waals surface area contributed by atoms with E-state index in [4.69, 9.17) is 4.74 Å². The fourth-order valence-corrected chi connectivity index (χ4v) is 1.99. The molecule has 4 nitrogen and oxygen atoms in total. The zero-order valence-corrected chi connectivity index (χ0v) is 10.8. The van der Waals surface area contributed by atoms with E-state index in [-0.39, 0.29) is 5.78 Å². The van der Waals surface area contributed by atoms with Crippen molar-refractivity contribution in [3.05, 3.63) is 47.3 Å². The van der Waals surface area contributed by atoms with Crippen molar-refractivity contribution in [3.63, 3.8) is 0 Å². The lowest BCUT2D eigenvalue weighted by Gasteiger charge is -2.05. The monoisotopic (exact) mass is 244 g/mol. The molecule has 0 saturated heterocycles. The van der Waals surface area contributed by atoms with E-state index < -0.39 is 0 Å². The van der Waals surface area contributed by atoms with Crippen LogP contribution in [0.25, 0.3) is 0 Å². The predicted octanol–water partition coefficient (Wildman–Crippen LogP) is 2.22. The zero-order valence-electron chi connectivity index (χ0n) is 10.8. The minimum Gasteiger partial charge on any atom is -0.496 e. The smallest absolute Gasteiger partial charge is 0.177 e. The Kier molecular flexibility index (Phi) is 3.46. The van der Waals surface area contributed by atoms with Crippen LogP contribution in [0.1, 0.15) is 28.7 Å². The van der Waals surface area contributed by atoms with Gasteiger partial charge in [0.2, 0.25) is 0 Å². The van der Waals surface area contributed by atoms with Gasteiger partial charge in [-0.25, -0.2) is 0 Å². The largest absolute Gasteiger partial charge is 0.496 e. The number of methoxy groups -OCH3 is 1. The third-order valence-electron chi connectivity index (χ3n) is 2.86. The highest BCUT2D eigenvalue weighted by Crippen LogP contribution is 2.20. The molecule has 0 bridgehead atoms. The van der Waals surface area contributed by atoms with Gasteiger partial charge >= 0.3 is 0 Å². The van der Waals surface area contributed by atoms with Gasteiger partial charge in [0.25, 0.3) is 0 Å². The van der Waals surface area contributed by atoms with E-state index >= 15 is 0 Å². The summed E-state index contributed by atoms with van der Waals surface area (Å²) in [6.45, 7) is 1.55. The van der Waals surface area contributed by atoms with E-state index in [1.54, 1.807) is 25.8 Å². The first-order valence-corrected chi connectivity index (χ1v) is 5.77. The molecule has 4 heteroatoms. The molecule has 0 aliphatic rings. The van der Waals surface area contributed by atoms with Gasteiger partial charge in [-0.05, 0) is 12.1 Å². The molecule has 2 rings (SSSR count). The highest BCUT2D eigenvalue weighted by Gasteiger charge is 2.11. The van der Waals surface area contributed by atoms with Gasteiger partial charge in [0, 0.05) is 26.0 Å². The Morgan fingerprint density at radius 3 is 2.72 bits per heavy atom. The van der Waals surface area contributed by atoms with Crippen molar-refractivity contribution in [1.82, 2.24) is 9.78 Å². The van der Waals surface area contributed by atoms with Crippen LogP contribution in [0, 0.1) is 0 Å². The van der Waals surface area contributed by atoms with Crippen molar-refractivity contribution in [2.45, 2.75) is 13.3 Å². The summed E-state index contributed by atoms with van der Waals surface area (Å²) in [5.41, 5.74) is 2.56.